The second-order valence-electron chi connectivity index (χ2n) is 5.33. The molecule has 0 N–H and O–H groups in total. The van der Waals surface area contributed by atoms with E-state index in [0.29, 0.717) is 11.3 Å². The molecule has 0 fully saturated rings. The van der Waals surface area contributed by atoms with E-state index >= 15 is 0 Å². The number of hydrogen-bond acceptors (Lipinski definition) is 4. The Labute approximate surface area is 133 Å². The van der Waals surface area contributed by atoms with E-state index in [2.05, 4.69) is 0 Å². The molecule has 0 bridgehead atoms. The van der Waals surface area contributed by atoms with Crippen molar-refractivity contribution in [1.29, 1.82) is 0 Å². The van der Waals surface area contributed by atoms with E-state index in [1.807, 2.05) is 24.3 Å². The Balaban J connectivity index is 1.72. The average molecular weight is 312 g/mol. The maximum Gasteiger partial charge on any atom is 0.405 e. The molecule has 3 rings (SSSR count). The lowest BCUT2D eigenvalue weighted by molar-refractivity contribution is -0.608. The van der Waals surface area contributed by atoms with Crippen LogP contribution in [0.5, 0.6) is 0 Å². The lowest BCUT2D eigenvalue weighted by Gasteiger charge is -2.21. The molecule has 1 aliphatic rings. The summed E-state index contributed by atoms with van der Waals surface area (Å²) in [6.45, 7) is 2.08. The topological polar surface area (TPSA) is 73.5 Å². The van der Waals surface area contributed by atoms with E-state index in [1.54, 1.807) is 11.0 Å². The van der Waals surface area contributed by atoms with Crippen LogP contribution in [0.3, 0.4) is 0 Å². The molecule has 0 saturated heterocycles. The van der Waals surface area contributed by atoms with E-state index in [9.17, 15) is 14.8 Å². The highest BCUT2D eigenvalue weighted by atomic mass is 16.6. The van der Waals surface area contributed by atoms with Gasteiger partial charge >= 0.3 is 11.7 Å². The molecule has 1 atom stereocenters. The molecule has 6 heteroatoms. The Morgan fingerprint density at radius 3 is 2.74 bits per heavy atom. The number of para-hydroxylation sites is 1. The van der Waals surface area contributed by atoms with Gasteiger partial charge < -0.3 is 14.8 Å². The predicted molar refractivity (Wildman–Crippen MR) is 82.8 cm³/mol. The maximum atomic E-state index is 12.5. The molecule has 2 heterocycles. The van der Waals surface area contributed by atoms with Crippen molar-refractivity contribution < 1.29 is 19.1 Å². The normalized spacial score (nSPS) is 14.2. The summed E-state index contributed by atoms with van der Waals surface area (Å²) in [4.78, 5) is 26.2. The number of carbonyl (C=O) groups excluding carboxylic acids is 2. The summed E-state index contributed by atoms with van der Waals surface area (Å²) in [5.41, 5.74) is 1.80. The molecule has 0 aliphatic carbocycles. The van der Waals surface area contributed by atoms with Gasteiger partial charge in [0.15, 0.2) is 12.3 Å². The van der Waals surface area contributed by atoms with E-state index < -0.39 is 12.1 Å². The number of pyridine rings is 1. The monoisotopic (exact) mass is 312 g/mol. The van der Waals surface area contributed by atoms with Gasteiger partial charge in [-0.05, 0) is 31.0 Å². The summed E-state index contributed by atoms with van der Waals surface area (Å²) in [6, 6.07) is 12.1. The third-order valence-corrected chi connectivity index (χ3v) is 3.82. The van der Waals surface area contributed by atoms with Crippen LogP contribution in [-0.2, 0) is 16.0 Å². The SMILES string of the molecule is C[C@@H](OC(=O)c1cccc[n+]1[O-])C(=O)N1CCc2ccccc21. The van der Waals surface area contributed by atoms with Gasteiger partial charge in [-0.1, -0.05) is 18.2 Å². The number of anilines is 1. The quantitative estimate of drug-likeness (QED) is 0.488. The van der Waals surface area contributed by atoms with Gasteiger partial charge in [0.25, 0.3) is 5.91 Å². The van der Waals surface area contributed by atoms with Crippen molar-refractivity contribution in [1.82, 2.24) is 0 Å². The molecule has 1 amide bonds. The fourth-order valence-corrected chi connectivity index (χ4v) is 2.64. The summed E-state index contributed by atoms with van der Waals surface area (Å²) >= 11 is 0. The number of hydrogen-bond donors (Lipinski definition) is 0. The number of amides is 1. The Kier molecular flexibility index (Phi) is 3.97. The fourth-order valence-electron chi connectivity index (χ4n) is 2.64. The molecule has 0 saturated carbocycles. The molecular formula is C17H16N2O4. The number of esters is 1. The number of nitrogens with zero attached hydrogens (tertiary/aromatic N) is 2. The summed E-state index contributed by atoms with van der Waals surface area (Å²) < 4.78 is 5.58. The van der Waals surface area contributed by atoms with Gasteiger partial charge in [-0.25, -0.2) is 4.79 Å². The predicted octanol–water partition coefficient (Wildman–Crippen LogP) is 1.45. The molecule has 1 aromatic carbocycles. The van der Waals surface area contributed by atoms with Crippen LogP contribution in [0.25, 0.3) is 0 Å². The number of rotatable bonds is 3. The van der Waals surface area contributed by atoms with Crippen molar-refractivity contribution in [2.75, 3.05) is 11.4 Å². The van der Waals surface area contributed by atoms with Gasteiger partial charge in [-0.2, -0.15) is 4.73 Å². The number of aromatic nitrogens is 1. The fraction of sp³-hybridized carbons (Fsp3) is 0.235. The van der Waals surface area contributed by atoms with Crippen molar-refractivity contribution in [3.8, 4) is 0 Å². The molecule has 23 heavy (non-hydrogen) atoms. The minimum Gasteiger partial charge on any atom is -0.618 e. The Morgan fingerprint density at radius 1 is 1.22 bits per heavy atom. The second-order valence-corrected chi connectivity index (χ2v) is 5.33. The van der Waals surface area contributed by atoms with Gasteiger partial charge in [-0.3, -0.25) is 4.79 Å². The van der Waals surface area contributed by atoms with E-state index in [0.717, 1.165) is 17.7 Å². The standard InChI is InChI=1S/C17H16N2O4/c1-12(23-17(21)15-8-4-5-10-19(15)22)16(20)18-11-9-13-6-2-3-7-14(13)18/h2-8,10,12H,9,11H2,1H3/t12-/m1/s1. The molecule has 2 aromatic rings. The highest BCUT2D eigenvalue weighted by molar-refractivity contribution is 5.99. The zero-order valence-electron chi connectivity index (χ0n) is 12.6. The van der Waals surface area contributed by atoms with Crippen LogP contribution in [0.1, 0.15) is 23.0 Å². The van der Waals surface area contributed by atoms with Crippen molar-refractivity contribution in [3.63, 3.8) is 0 Å². The number of fused-ring (bicyclic) bond motifs is 1. The van der Waals surface area contributed by atoms with Crippen LogP contribution in [0, 0.1) is 5.21 Å². The van der Waals surface area contributed by atoms with Crippen LogP contribution in [0.15, 0.2) is 48.7 Å². The van der Waals surface area contributed by atoms with Crippen molar-refractivity contribution in [3.05, 3.63) is 65.1 Å². The first kappa shape index (κ1) is 15.0. The summed E-state index contributed by atoms with van der Waals surface area (Å²) in [7, 11) is 0. The van der Waals surface area contributed by atoms with Crippen LogP contribution in [0.2, 0.25) is 0 Å². The lowest BCUT2D eigenvalue weighted by Crippen LogP contribution is -2.41. The molecular weight excluding hydrogens is 296 g/mol. The first-order valence-corrected chi connectivity index (χ1v) is 7.36. The van der Waals surface area contributed by atoms with Crippen molar-refractivity contribution in [2.45, 2.75) is 19.4 Å². The summed E-state index contributed by atoms with van der Waals surface area (Å²) in [5, 5.41) is 11.6. The molecule has 0 radical (unpaired) electrons. The van der Waals surface area contributed by atoms with Crippen LogP contribution in [0.4, 0.5) is 5.69 Å². The molecule has 118 valence electrons. The molecule has 6 nitrogen and oxygen atoms in total. The second kappa shape index (κ2) is 6.08. The van der Waals surface area contributed by atoms with E-state index in [-0.39, 0.29) is 11.6 Å². The van der Waals surface area contributed by atoms with Gasteiger partial charge in [-0.15, -0.1) is 0 Å². The van der Waals surface area contributed by atoms with Crippen molar-refractivity contribution >= 4 is 17.6 Å². The van der Waals surface area contributed by atoms with E-state index in [4.69, 9.17) is 4.74 Å². The zero-order chi connectivity index (χ0) is 16.4. The molecule has 1 aliphatic heterocycles. The maximum absolute atomic E-state index is 12.5. The minimum absolute atomic E-state index is 0.144. The first-order valence-electron chi connectivity index (χ1n) is 7.36. The molecule has 0 spiro atoms. The number of ether oxygens (including phenoxy) is 1. The Hall–Kier alpha value is -2.89. The first-order chi connectivity index (χ1) is 11.1. The van der Waals surface area contributed by atoms with Gasteiger partial charge in [0.2, 0.25) is 0 Å². The number of carbonyl (C=O) groups is 2. The molecule has 1 aromatic heterocycles. The Bertz CT molecular complexity index is 760. The summed E-state index contributed by atoms with van der Waals surface area (Å²) in [6.07, 6.45) is 1.02. The van der Waals surface area contributed by atoms with E-state index in [1.165, 1.54) is 25.3 Å². The highest BCUT2D eigenvalue weighted by Crippen LogP contribution is 2.28. The average Bonchev–Trinajstić information content (AvgIpc) is 2.98. The highest BCUT2D eigenvalue weighted by Gasteiger charge is 2.31. The zero-order valence-corrected chi connectivity index (χ0v) is 12.6. The third kappa shape index (κ3) is 2.88. The van der Waals surface area contributed by atoms with Crippen LogP contribution < -0.4 is 9.63 Å². The van der Waals surface area contributed by atoms with Crippen molar-refractivity contribution in [2.24, 2.45) is 0 Å². The largest absolute Gasteiger partial charge is 0.618 e. The summed E-state index contributed by atoms with van der Waals surface area (Å²) in [5.74, 6) is -1.11. The van der Waals surface area contributed by atoms with Crippen LogP contribution in [-0.4, -0.2) is 24.5 Å². The van der Waals surface area contributed by atoms with Gasteiger partial charge in [0.1, 0.15) is 0 Å². The van der Waals surface area contributed by atoms with Gasteiger partial charge in [0.05, 0.1) is 0 Å². The lowest BCUT2D eigenvalue weighted by atomic mass is 10.2. The minimum atomic E-state index is -0.964. The Morgan fingerprint density at radius 2 is 1.96 bits per heavy atom. The third-order valence-electron chi connectivity index (χ3n) is 3.82. The number of benzene rings is 1. The molecule has 0 unspecified atom stereocenters. The van der Waals surface area contributed by atoms with Crippen LogP contribution >= 0.6 is 0 Å². The van der Waals surface area contributed by atoms with Gasteiger partial charge in [0, 0.05) is 24.4 Å². The smallest absolute Gasteiger partial charge is 0.405 e.